The molecule has 0 heterocycles. The van der Waals surface area contributed by atoms with Crippen molar-refractivity contribution in [2.24, 2.45) is 0 Å². The van der Waals surface area contributed by atoms with Gasteiger partial charge in [-0.05, 0) is 58.9 Å². The fourth-order valence-corrected chi connectivity index (χ4v) is 2.27. The summed E-state index contributed by atoms with van der Waals surface area (Å²) in [6.45, 7) is 9.72. The van der Waals surface area contributed by atoms with Gasteiger partial charge in [-0.3, -0.25) is 9.59 Å². The first-order valence-corrected chi connectivity index (χ1v) is 8.43. The molecule has 0 aliphatic carbocycles. The fourth-order valence-electron chi connectivity index (χ4n) is 2.00. The molecule has 1 aromatic rings. The van der Waals surface area contributed by atoms with Gasteiger partial charge in [-0.15, -0.1) is 0 Å². The minimum atomic E-state index is -0.654. The number of likely N-dealkylation sites (N-methyl/N-ethyl adjacent to an activating group) is 1. The Bertz CT molecular complexity index is 538. The van der Waals surface area contributed by atoms with Gasteiger partial charge in [0.25, 0.3) is 5.91 Å². The van der Waals surface area contributed by atoms with Gasteiger partial charge < -0.3 is 15.0 Å². The number of hydrogen-bond acceptors (Lipinski definition) is 3. The van der Waals surface area contributed by atoms with Crippen LogP contribution in [-0.2, 0) is 9.59 Å². The second kappa shape index (κ2) is 8.34. The molecular weight excluding hydrogens is 360 g/mol. The highest BCUT2D eigenvalue weighted by Crippen LogP contribution is 2.17. The van der Waals surface area contributed by atoms with Gasteiger partial charge in [0, 0.05) is 16.6 Å². The highest BCUT2D eigenvalue weighted by Gasteiger charge is 2.24. The van der Waals surface area contributed by atoms with Crippen molar-refractivity contribution in [2.75, 3.05) is 13.1 Å². The van der Waals surface area contributed by atoms with Crippen LogP contribution in [0.25, 0.3) is 0 Å². The SMILES string of the molecule is CCN(CC(=O)NC(C)(C)C)C(=O)C(C)Oc1ccc(Br)cc1. The first kappa shape index (κ1) is 19.5. The lowest BCUT2D eigenvalue weighted by Gasteiger charge is -2.27. The van der Waals surface area contributed by atoms with Crippen molar-refractivity contribution in [3.05, 3.63) is 28.7 Å². The summed E-state index contributed by atoms with van der Waals surface area (Å²) < 4.78 is 6.60. The quantitative estimate of drug-likeness (QED) is 0.819. The molecule has 1 unspecified atom stereocenters. The van der Waals surface area contributed by atoms with Crippen molar-refractivity contribution in [2.45, 2.75) is 46.3 Å². The van der Waals surface area contributed by atoms with Crippen LogP contribution in [0.2, 0.25) is 0 Å². The van der Waals surface area contributed by atoms with Crippen molar-refractivity contribution in [3.8, 4) is 5.75 Å². The van der Waals surface area contributed by atoms with Crippen molar-refractivity contribution >= 4 is 27.7 Å². The number of rotatable bonds is 6. The lowest BCUT2D eigenvalue weighted by Crippen LogP contribution is -2.49. The van der Waals surface area contributed by atoms with E-state index in [4.69, 9.17) is 4.74 Å². The molecule has 6 heteroatoms. The summed E-state index contributed by atoms with van der Waals surface area (Å²) in [7, 11) is 0. The normalized spacial score (nSPS) is 12.4. The van der Waals surface area contributed by atoms with Gasteiger partial charge in [0.15, 0.2) is 6.10 Å². The summed E-state index contributed by atoms with van der Waals surface area (Å²) in [5.41, 5.74) is -0.320. The van der Waals surface area contributed by atoms with Crippen LogP contribution in [0.5, 0.6) is 5.75 Å². The second-order valence-electron chi connectivity index (χ2n) is 6.36. The van der Waals surface area contributed by atoms with Crippen LogP contribution < -0.4 is 10.1 Å². The molecule has 5 nitrogen and oxygen atoms in total. The summed E-state index contributed by atoms with van der Waals surface area (Å²) in [5, 5.41) is 2.85. The van der Waals surface area contributed by atoms with Crippen LogP contribution in [0.1, 0.15) is 34.6 Å². The average Bonchev–Trinajstić information content (AvgIpc) is 2.44. The Morgan fingerprint density at radius 2 is 1.83 bits per heavy atom. The molecule has 0 radical (unpaired) electrons. The van der Waals surface area contributed by atoms with E-state index in [0.717, 1.165) is 4.47 Å². The van der Waals surface area contributed by atoms with Gasteiger partial charge in [0.1, 0.15) is 5.75 Å². The summed E-state index contributed by atoms with van der Waals surface area (Å²) >= 11 is 3.35. The van der Waals surface area contributed by atoms with E-state index < -0.39 is 6.10 Å². The van der Waals surface area contributed by atoms with Crippen LogP contribution >= 0.6 is 15.9 Å². The molecule has 0 spiro atoms. The molecule has 128 valence electrons. The molecule has 0 aliphatic heterocycles. The Morgan fingerprint density at radius 1 is 1.26 bits per heavy atom. The van der Waals surface area contributed by atoms with Gasteiger partial charge in [-0.25, -0.2) is 0 Å². The zero-order chi connectivity index (χ0) is 17.6. The molecule has 1 atom stereocenters. The van der Waals surface area contributed by atoms with E-state index in [2.05, 4.69) is 21.2 Å². The number of amides is 2. The number of carbonyl (C=O) groups is 2. The molecule has 0 saturated heterocycles. The minimum Gasteiger partial charge on any atom is -0.481 e. The summed E-state index contributed by atoms with van der Waals surface area (Å²) in [4.78, 5) is 25.9. The number of nitrogens with one attached hydrogen (secondary N) is 1. The fraction of sp³-hybridized carbons (Fsp3) is 0.529. The van der Waals surface area contributed by atoms with Crippen molar-refractivity contribution in [1.29, 1.82) is 0 Å². The lowest BCUT2D eigenvalue weighted by molar-refractivity contribution is -0.141. The van der Waals surface area contributed by atoms with E-state index in [1.165, 1.54) is 4.90 Å². The summed E-state index contributed by atoms with van der Waals surface area (Å²) in [5.74, 6) is 0.229. The van der Waals surface area contributed by atoms with E-state index in [1.54, 1.807) is 19.1 Å². The van der Waals surface area contributed by atoms with Crippen LogP contribution in [0.15, 0.2) is 28.7 Å². The minimum absolute atomic E-state index is 0.0284. The molecule has 0 aliphatic rings. The number of benzene rings is 1. The average molecular weight is 385 g/mol. The maximum Gasteiger partial charge on any atom is 0.263 e. The molecular formula is C17H25BrN2O3. The third-order valence-corrected chi connectivity index (χ3v) is 3.55. The smallest absolute Gasteiger partial charge is 0.263 e. The molecule has 0 saturated carbocycles. The maximum absolute atomic E-state index is 12.5. The zero-order valence-corrected chi connectivity index (χ0v) is 15.9. The third kappa shape index (κ3) is 7.03. The zero-order valence-electron chi connectivity index (χ0n) is 14.4. The Labute approximate surface area is 146 Å². The molecule has 0 bridgehead atoms. The number of hydrogen-bond donors (Lipinski definition) is 1. The molecule has 1 aromatic carbocycles. The second-order valence-corrected chi connectivity index (χ2v) is 7.28. The van der Waals surface area contributed by atoms with Gasteiger partial charge in [0.2, 0.25) is 5.91 Å². The monoisotopic (exact) mass is 384 g/mol. The Kier molecular flexibility index (Phi) is 7.06. The van der Waals surface area contributed by atoms with E-state index >= 15 is 0 Å². The molecule has 0 fully saturated rings. The topological polar surface area (TPSA) is 58.6 Å². The van der Waals surface area contributed by atoms with E-state index in [9.17, 15) is 9.59 Å². The van der Waals surface area contributed by atoms with Gasteiger partial charge in [-0.2, -0.15) is 0 Å². The van der Waals surface area contributed by atoms with Crippen molar-refractivity contribution in [3.63, 3.8) is 0 Å². The maximum atomic E-state index is 12.5. The van der Waals surface area contributed by atoms with Crippen LogP contribution in [-0.4, -0.2) is 41.4 Å². The van der Waals surface area contributed by atoms with Crippen LogP contribution in [0.3, 0.4) is 0 Å². The molecule has 1 N–H and O–H groups in total. The molecule has 1 rings (SSSR count). The first-order valence-electron chi connectivity index (χ1n) is 7.64. The van der Waals surface area contributed by atoms with Gasteiger partial charge in [-0.1, -0.05) is 15.9 Å². The van der Waals surface area contributed by atoms with Crippen molar-refractivity contribution < 1.29 is 14.3 Å². The standard InChI is InChI=1S/C17H25BrN2O3/c1-6-20(11-15(21)19-17(3,4)5)16(22)12(2)23-14-9-7-13(18)8-10-14/h7-10,12H,6,11H2,1-5H3,(H,19,21). The highest BCUT2D eigenvalue weighted by atomic mass is 79.9. The Balaban J connectivity index is 2.64. The summed E-state index contributed by atoms with van der Waals surface area (Å²) in [6, 6.07) is 7.27. The van der Waals surface area contributed by atoms with Crippen LogP contribution in [0.4, 0.5) is 0 Å². The number of carbonyl (C=O) groups excluding carboxylic acids is 2. The lowest BCUT2D eigenvalue weighted by atomic mass is 10.1. The molecule has 23 heavy (non-hydrogen) atoms. The number of nitrogens with zero attached hydrogens (tertiary/aromatic N) is 1. The predicted octanol–water partition coefficient (Wildman–Crippen LogP) is 2.98. The van der Waals surface area contributed by atoms with E-state index in [-0.39, 0.29) is 23.9 Å². The number of ether oxygens (including phenoxy) is 1. The van der Waals surface area contributed by atoms with E-state index in [1.807, 2.05) is 39.8 Å². The van der Waals surface area contributed by atoms with Gasteiger partial charge >= 0.3 is 0 Å². The molecule has 2 amide bonds. The largest absolute Gasteiger partial charge is 0.481 e. The Morgan fingerprint density at radius 3 is 2.30 bits per heavy atom. The van der Waals surface area contributed by atoms with E-state index in [0.29, 0.717) is 12.3 Å². The predicted molar refractivity (Wildman–Crippen MR) is 94.4 cm³/mol. The first-order chi connectivity index (χ1) is 10.6. The van der Waals surface area contributed by atoms with Crippen LogP contribution in [0, 0.1) is 0 Å². The van der Waals surface area contributed by atoms with Crippen molar-refractivity contribution in [1.82, 2.24) is 10.2 Å². The number of halogens is 1. The highest BCUT2D eigenvalue weighted by molar-refractivity contribution is 9.10. The van der Waals surface area contributed by atoms with Gasteiger partial charge in [0.05, 0.1) is 6.54 Å². The molecule has 0 aromatic heterocycles. The third-order valence-electron chi connectivity index (χ3n) is 3.02. The Hall–Kier alpha value is -1.56. The summed E-state index contributed by atoms with van der Waals surface area (Å²) in [6.07, 6.45) is -0.654.